The minimum absolute atomic E-state index is 0.178. The molecule has 5 aromatic rings. The third-order valence-corrected chi connectivity index (χ3v) is 6.10. The summed E-state index contributed by atoms with van der Waals surface area (Å²) in [5, 5.41) is 6.13. The summed E-state index contributed by atoms with van der Waals surface area (Å²) in [7, 11) is 0. The summed E-state index contributed by atoms with van der Waals surface area (Å²) in [6.45, 7) is 3.69. The Labute approximate surface area is 199 Å². The Morgan fingerprint density at radius 3 is 2.74 bits per heavy atom. The van der Waals surface area contributed by atoms with Crippen LogP contribution in [0, 0.1) is 6.92 Å². The molecular formula is C25H21N5O3S. The number of nitrogens with zero attached hydrogens (tertiary/aromatic N) is 3. The van der Waals surface area contributed by atoms with Crippen molar-refractivity contribution in [2.24, 2.45) is 0 Å². The number of para-hydroxylation sites is 1. The van der Waals surface area contributed by atoms with Gasteiger partial charge in [0, 0.05) is 25.0 Å². The zero-order chi connectivity index (χ0) is 23.7. The lowest BCUT2D eigenvalue weighted by atomic mass is 10.2. The molecule has 0 saturated heterocycles. The second kappa shape index (κ2) is 8.95. The Hall–Kier alpha value is -4.24. The van der Waals surface area contributed by atoms with Gasteiger partial charge < -0.3 is 19.8 Å². The van der Waals surface area contributed by atoms with Crippen molar-refractivity contribution in [3.8, 4) is 5.75 Å². The van der Waals surface area contributed by atoms with E-state index < -0.39 is 0 Å². The number of aryl methyl sites for hydroxylation is 1. The highest BCUT2D eigenvalue weighted by molar-refractivity contribution is 7.22. The van der Waals surface area contributed by atoms with E-state index in [9.17, 15) is 9.59 Å². The standard InChI is InChI=1S/C25H21N5O3S/c1-15-6-5-11-30-13-18(27-23(15)30)14-33-21-8-4-3-7-19(21)24(32)28-17-9-10-20-22(12-17)34-25(29-20)26-16(2)31/h3-13H,14H2,1-2H3,(H,28,32)(H,26,29,31). The highest BCUT2D eigenvalue weighted by Crippen LogP contribution is 2.29. The molecule has 34 heavy (non-hydrogen) atoms. The Balaban J connectivity index is 1.32. The average molecular weight is 472 g/mol. The monoisotopic (exact) mass is 471 g/mol. The van der Waals surface area contributed by atoms with Crippen molar-refractivity contribution < 1.29 is 14.3 Å². The van der Waals surface area contributed by atoms with Gasteiger partial charge in [-0.25, -0.2) is 9.97 Å². The second-order valence-electron chi connectivity index (χ2n) is 7.78. The molecule has 2 aromatic carbocycles. The van der Waals surface area contributed by atoms with Crippen LogP contribution in [0.1, 0.15) is 28.5 Å². The predicted molar refractivity (Wildman–Crippen MR) is 133 cm³/mol. The Kier molecular flexibility index (Phi) is 5.69. The molecule has 2 amide bonds. The molecular weight excluding hydrogens is 450 g/mol. The number of pyridine rings is 1. The first-order chi connectivity index (χ1) is 16.5. The largest absolute Gasteiger partial charge is 0.486 e. The topological polar surface area (TPSA) is 97.6 Å². The number of hydrogen-bond donors (Lipinski definition) is 2. The van der Waals surface area contributed by atoms with Crippen molar-refractivity contribution in [3.63, 3.8) is 0 Å². The van der Waals surface area contributed by atoms with E-state index >= 15 is 0 Å². The van der Waals surface area contributed by atoms with Crippen LogP contribution in [-0.2, 0) is 11.4 Å². The fourth-order valence-electron chi connectivity index (χ4n) is 3.61. The van der Waals surface area contributed by atoms with Crippen LogP contribution in [0.5, 0.6) is 5.75 Å². The molecule has 170 valence electrons. The number of imidazole rings is 1. The minimum Gasteiger partial charge on any atom is -0.486 e. The lowest BCUT2D eigenvalue weighted by molar-refractivity contribution is -0.114. The quantitative estimate of drug-likeness (QED) is 0.362. The third kappa shape index (κ3) is 4.46. The fourth-order valence-corrected chi connectivity index (χ4v) is 4.56. The molecule has 0 aliphatic rings. The molecule has 0 bridgehead atoms. The number of amides is 2. The maximum atomic E-state index is 13.0. The van der Waals surface area contributed by atoms with Gasteiger partial charge in [0.2, 0.25) is 5.91 Å². The molecule has 0 atom stereocenters. The molecule has 0 fully saturated rings. The number of aromatic nitrogens is 3. The maximum Gasteiger partial charge on any atom is 0.259 e. The first-order valence-electron chi connectivity index (χ1n) is 10.6. The Morgan fingerprint density at radius 1 is 1.06 bits per heavy atom. The lowest BCUT2D eigenvalue weighted by Gasteiger charge is -2.11. The van der Waals surface area contributed by atoms with Crippen LogP contribution in [0.4, 0.5) is 10.8 Å². The zero-order valence-corrected chi connectivity index (χ0v) is 19.3. The number of carbonyl (C=O) groups excluding carboxylic acids is 2. The molecule has 0 aliphatic carbocycles. The summed E-state index contributed by atoms with van der Waals surface area (Å²) >= 11 is 1.35. The number of rotatable bonds is 6. The van der Waals surface area contributed by atoms with Gasteiger partial charge in [0.05, 0.1) is 21.5 Å². The van der Waals surface area contributed by atoms with E-state index in [1.165, 1.54) is 18.3 Å². The number of ether oxygens (including phenoxy) is 1. The second-order valence-corrected chi connectivity index (χ2v) is 8.81. The van der Waals surface area contributed by atoms with E-state index in [0.29, 0.717) is 22.1 Å². The molecule has 8 nitrogen and oxygen atoms in total. The third-order valence-electron chi connectivity index (χ3n) is 5.16. The summed E-state index contributed by atoms with van der Waals surface area (Å²) in [5.74, 6) is 0.0101. The first kappa shape index (κ1) is 21.6. The van der Waals surface area contributed by atoms with Crippen LogP contribution in [-0.4, -0.2) is 26.2 Å². The van der Waals surface area contributed by atoms with E-state index in [4.69, 9.17) is 4.74 Å². The summed E-state index contributed by atoms with van der Waals surface area (Å²) in [5.41, 5.74) is 4.53. The van der Waals surface area contributed by atoms with Crippen LogP contribution < -0.4 is 15.4 Å². The van der Waals surface area contributed by atoms with E-state index in [1.54, 1.807) is 30.3 Å². The maximum absolute atomic E-state index is 13.0. The van der Waals surface area contributed by atoms with E-state index in [-0.39, 0.29) is 18.4 Å². The first-order valence-corrected chi connectivity index (χ1v) is 11.4. The van der Waals surface area contributed by atoms with Gasteiger partial charge in [0.1, 0.15) is 18.0 Å². The van der Waals surface area contributed by atoms with Crippen molar-refractivity contribution in [2.75, 3.05) is 10.6 Å². The smallest absolute Gasteiger partial charge is 0.259 e. The van der Waals surface area contributed by atoms with Crippen LogP contribution in [0.2, 0.25) is 0 Å². The van der Waals surface area contributed by atoms with Crippen LogP contribution in [0.25, 0.3) is 15.9 Å². The SMILES string of the molecule is CC(=O)Nc1nc2ccc(NC(=O)c3ccccc3OCc3cn4cccc(C)c4n3)cc2s1. The number of anilines is 2. The highest BCUT2D eigenvalue weighted by Gasteiger charge is 2.14. The fraction of sp³-hybridized carbons (Fsp3) is 0.120. The number of hydrogen-bond acceptors (Lipinski definition) is 6. The van der Waals surface area contributed by atoms with E-state index in [1.807, 2.05) is 48.0 Å². The number of carbonyl (C=O) groups is 2. The molecule has 0 unspecified atom stereocenters. The molecule has 9 heteroatoms. The predicted octanol–water partition coefficient (Wildman–Crippen LogP) is 5.04. The van der Waals surface area contributed by atoms with Crippen molar-refractivity contribution in [1.82, 2.24) is 14.4 Å². The van der Waals surface area contributed by atoms with Crippen molar-refractivity contribution in [3.05, 3.63) is 83.8 Å². The summed E-state index contributed by atoms with van der Waals surface area (Å²) < 4.78 is 8.79. The Bertz CT molecular complexity index is 1540. The summed E-state index contributed by atoms with van der Waals surface area (Å²) in [6.07, 6.45) is 3.86. The molecule has 3 aromatic heterocycles. The van der Waals surface area contributed by atoms with E-state index in [0.717, 1.165) is 27.1 Å². The van der Waals surface area contributed by atoms with Gasteiger partial charge in [-0.1, -0.05) is 29.5 Å². The minimum atomic E-state index is -0.285. The molecule has 3 heterocycles. The van der Waals surface area contributed by atoms with Gasteiger partial charge in [-0.15, -0.1) is 0 Å². The van der Waals surface area contributed by atoms with Gasteiger partial charge in [-0.2, -0.15) is 0 Å². The van der Waals surface area contributed by atoms with Gasteiger partial charge >= 0.3 is 0 Å². The molecule has 0 spiro atoms. The molecule has 0 radical (unpaired) electrons. The zero-order valence-electron chi connectivity index (χ0n) is 18.5. The summed E-state index contributed by atoms with van der Waals surface area (Å²) in [4.78, 5) is 33.3. The molecule has 5 rings (SSSR count). The number of fused-ring (bicyclic) bond motifs is 2. The summed E-state index contributed by atoms with van der Waals surface area (Å²) in [6, 6.07) is 16.5. The lowest BCUT2D eigenvalue weighted by Crippen LogP contribution is -2.13. The van der Waals surface area contributed by atoms with Crippen LogP contribution >= 0.6 is 11.3 Å². The van der Waals surface area contributed by atoms with Gasteiger partial charge in [-0.05, 0) is 48.9 Å². The molecule has 2 N–H and O–H groups in total. The Morgan fingerprint density at radius 2 is 1.91 bits per heavy atom. The number of benzene rings is 2. The van der Waals surface area contributed by atoms with Crippen molar-refractivity contribution in [2.45, 2.75) is 20.5 Å². The van der Waals surface area contributed by atoms with Gasteiger partial charge in [0.15, 0.2) is 5.13 Å². The number of nitrogens with one attached hydrogen (secondary N) is 2. The normalized spacial score (nSPS) is 11.0. The van der Waals surface area contributed by atoms with Crippen LogP contribution in [0.3, 0.4) is 0 Å². The van der Waals surface area contributed by atoms with Crippen molar-refractivity contribution >= 4 is 49.8 Å². The number of thiazole rings is 1. The van der Waals surface area contributed by atoms with E-state index in [2.05, 4.69) is 20.6 Å². The van der Waals surface area contributed by atoms with Gasteiger partial charge in [0.25, 0.3) is 5.91 Å². The van der Waals surface area contributed by atoms with Crippen molar-refractivity contribution in [1.29, 1.82) is 0 Å². The molecule has 0 saturated carbocycles. The van der Waals surface area contributed by atoms with Crippen LogP contribution in [0.15, 0.2) is 67.0 Å². The highest BCUT2D eigenvalue weighted by atomic mass is 32.1. The van der Waals surface area contributed by atoms with Gasteiger partial charge in [-0.3, -0.25) is 9.59 Å². The molecule has 0 aliphatic heterocycles. The average Bonchev–Trinajstić information content (AvgIpc) is 3.41.